The van der Waals surface area contributed by atoms with Gasteiger partial charge in [0.1, 0.15) is 0 Å². The topological polar surface area (TPSA) is 69.7 Å². The lowest BCUT2D eigenvalue weighted by atomic mass is 9.99. The Morgan fingerprint density at radius 1 is 0.750 bits per heavy atom. The van der Waals surface area contributed by atoms with Crippen LogP contribution in [0.2, 0.25) is 0 Å². The Kier molecular flexibility index (Phi) is 6.99. The summed E-state index contributed by atoms with van der Waals surface area (Å²) in [7, 11) is -3.50. The minimum absolute atomic E-state index is 0.0814. The van der Waals surface area contributed by atoms with E-state index in [1.807, 2.05) is 65.6 Å². The zero-order chi connectivity index (χ0) is 22.4. The van der Waals surface area contributed by atoms with E-state index in [9.17, 15) is 13.2 Å². The van der Waals surface area contributed by atoms with Crippen LogP contribution in [0.4, 0.5) is 0 Å². The number of nitrogens with zero attached hydrogens (tertiary/aromatic N) is 2. The van der Waals surface area contributed by atoms with Crippen molar-refractivity contribution in [3.05, 3.63) is 102 Å². The molecule has 7 heteroatoms. The molecule has 0 bridgehead atoms. The molecule has 0 unspecified atom stereocenters. The Labute approximate surface area is 189 Å². The zero-order valence-electron chi connectivity index (χ0n) is 17.8. The summed E-state index contributed by atoms with van der Waals surface area (Å²) < 4.78 is 27.1. The van der Waals surface area contributed by atoms with Gasteiger partial charge < -0.3 is 5.32 Å². The van der Waals surface area contributed by atoms with Gasteiger partial charge in [0, 0.05) is 26.2 Å². The van der Waals surface area contributed by atoms with E-state index in [0.717, 1.165) is 11.1 Å². The molecule has 1 saturated heterocycles. The summed E-state index contributed by atoms with van der Waals surface area (Å²) in [6, 6.07) is 28.0. The van der Waals surface area contributed by atoms with Crippen LogP contribution in [-0.4, -0.2) is 56.3 Å². The van der Waals surface area contributed by atoms with Crippen LogP contribution in [0.25, 0.3) is 0 Å². The number of benzene rings is 3. The summed E-state index contributed by atoms with van der Waals surface area (Å²) in [5.41, 5.74) is 2.04. The van der Waals surface area contributed by atoms with Crippen LogP contribution in [0.15, 0.2) is 95.9 Å². The van der Waals surface area contributed by atoms with Crippen LogP contribution in [-0.2, 0) is 14.8 Å². The molecular formula is C25H27N3O3S. The highest BCUT2D eigenvalue weighted by Gasteiger charge is 2.29. The van der Waals surface area contributed by atoms with E-state index in [1.165, 1.54) is 4.31 Å². The molecule has 3 aromatic carbocycles. The fraction of sp³-hybridized carbons (Fsp3) is 0.240. The molecule has 1 fully saturated rings. The largest absolute Gasteiger partial charge is 0.344 e. The number of carbonyl (C=O) groups is 1. The third kappa shape index (κ3) is 5.24. The number of piperazine rings is 1. The lowest BCUT2D eigenvalue weighted by molar-refractivity contribution is -0.123. The number of nitrogens with one attached hydrogen (secondary N) is 1. The van der Waals surface area contributed by atoms with Crippen molar-refractivity contribution in [2.24, 2.45) is 0 Å². The molecule has 0 spiro atoms. The third-order valence-corrected chi connectivity index (χ3v) is 7.56. The maximum absolute atomic E-state index is 12.9. The zero-order valence-corrected chi connectivity index (χ0v) is 18.6. The predicted octanol–water partition coefficient (Wildman–Crippen LogP) is 2.90. The average Bonchev–Trinajstić information content (AvgIpc) is 2.84. The van der Waals surface area contributed by atoms with Gasteiger partial charge in [0.25, 0.3) is 0 Å². The smallest absolute Gasteiger partial charge is 0.243 e. The molecular weight excluding hydrogens is 422 g/mol. The molecule has 32 heavy (non-hydrogen) atoms. The lowest BCUT2D eigenvalue weighted by Gasteiger charge is -2.33. The van der Waals surface area contributed by atoms with Crippen LogP contribution in [0.5, 0.6) is 0 Å². The Bertz CT molecular complexity index is 1080. The number of sulfonamides is 1. The van der Waals surface area contributed by atoms with Crippen LogP contribution in [0.1, 0.15) is 17.2 Å². The molecule has 0 aromatic heterocycles. The molecule has 1 aliphatic heterocycles. The summed E-state index contributed by atoms with van der Waals surface area (Å²) in [5.74, 6) is -0.0814. The first kappa shape index (κ1) is 22.2. The van der Waals surface area contributed by atoms with E-state index >= 15 is 0 Å². The van der Waals surface area contributed by atoms with Crippen LogP contribution in [0, 0.1) is 0 Å². The van der Waals surface area contributed by atoms with Crippen molar-refractivity contribution in [1.29, 1.82) is 0 Å². The first-order valence-electron chi connectivity index (χ1n) is 10.7. The summed E-state index contributed by atoms with van der Waals surface area (Å²) in [6.07, 6.45) is 0. The Morgan fingerprint density at radius 3 is 1.72 bits per heavy atom. The number of hydrogen-bond donors (Lipinski definition) is 1. The second kappa shape index (κ2) is 10.1. The highest BCUT2D eigenvalue weighted by Crippen LogP contribution is 2.22. The highest BCUT2D eigenvalue weighted by molar-refractivity contribution is 7.89. The Morgan fingerprint density at radius 2 is 1.22 bits per heavy atom. The molecule has 1 amide bonds. The maximum atomic E-state index is 12.9. The molecule has 1 aliphatic rings. The second-order valence-corrected chi connectivity index (χ2v) is 9.75. The summed E-state index contributed by atoms with van der Waals surface area (Å²) in [6.45, 7) is 1.99. The van der Waals surface area contributed by atoms with Gasteiger partial charge >= 0.3 is 0 Å². The van der Waals surface area contributed by atoms with Crippen molar-refractivity contribution in [3.63, 3.8) is 0 Å². The van der Waals surface area contributed by atoms with Gasteiger partial charge in [-0.2, -0.15) is 4.31 Å². The van der Waals surface area contributed by atoms with Crippen LogP contribution < -0.4 is 5.32 Å². The lowest BCUT2D eigenvalue weighted by Crippen LogP contribution is -2.51. The van der Waals surface area contributed by atoms with Gasteiger partial charge in [-0.05, 0) is 23.3 Å². The van der Waals surface area contributed by atoms with E-state index in [0.29, 0.717) is 31.1 Å². The van der Waals surface area contributed by atoms with Crippen molar-refractivity contribution in [2.45, 2.75) is 10.9 Å². The van der Waals surface area contributed by atoms with Crippen molar-refractivity contribution < 1.29 is 13.2 Å². The molecule has 6 nitrogen and oxygen atoms in total. The maximum Gasteiger partial charge on any atom is 0.243 e. The third-order valence-electron chi connectivity index (χ3n) is 5.65. The van der Waals surface area contributed by atoms with E-state index in [-0.39, 0.29) is 18.5 Å². The molecule has 0 radical (unpaired) electrons. The SMILES string of the molecule is O=C(CN1CCN(S(=O)(=O)c2ccccc2)CC1)NC(c1ccccc1)c1ccccc1. The predicted molar refractivity (Wildman–Crippen MR) is 125 cm³/mol. The van der Waals surface area contributed by atoms with Gasteiger partial charge in [-0.15, -0.1) is 0 Å². The van der Waals surface area contributed by atoms with E-state index in [1.54, 1.807) is 30.3 Å². The molecule has 0 atom stereocenters. The molecule has 3 aromatic rings. The Hall–Kier alpha value is -3.00. The van der Waals surface area contributed by atoms with Crippen molar-refractivity contribution in [1.82, 2.24) is 14.5 Å². The summed E-state index contributed by atoms with van der Waals surface area (Å²) >= 11 is 0. The first-order chi connectivity index (χ1) is 15.5. The number of hydrogen-bond acceptors (Lipinski definition) is 4. The molecule has 0 saturated carbocycles. The summed E-state index contributed by atoms with van der Waals surface area (Å²) in [4.78, 5) is 15.2. The van der Waals surface area contributed by atoms with Gasteiger partial charge in [-0.1, -0.05) is 78.9 Å². The number of rotatable bonds is 7. The normalized spacial score (nSPS) is 15.5. The van der Waals surface area contributed by atoms with E-state index in [2.05, 4.69) is 5.32 Å². The van der Waals surface area contributed by atoms with Crippen molar-refractivity contribution in [3.8, 4) is 0 Å². The van der Waals surface area contributed by atoms with Gasteiger partial charge in [0.05, 0.1) is 17.5 Å². The summed E-state index contributed by atoms with van der Waals surface area (Å²) in [5, 5.41) is 3.15. The van der Waals surface area contributed by atoms with Gasteiger partial charge in [-0.3, -0.25) is 9.69 Å². The van der Waals surface area contributed by atoms with Gasteiger partial charge in [-0.25, -0.2) is 8.42 Å². The van der Waals surface area contributed by atoms with Crippen LogP contribution in [0.3, 0.4) is 0 Å². The monoisotopic (exact) mass is 449 g/mol. The minimum Gasteiger partial charge on any atom is -0.344 e. The van der Waals surface area contributed by atoms with E-state index in [4.69, 9.17) is 0 Å². The van der Waals surface area contributed by atoms with Gasteiger partial charge in [0.15, 0.2) is 0 Å². The number of carbonyl (C=O) groups excluding carboxylic acids is 1. The van der Waals surface area contributed by atoms with Crippen LogP contribution >= 0.6 is 0 Å². The van der Waals surface area contributed by atoms with Gasteiger partial charge in [0.2, 0.25) is 15.9 Å². The first-order valence-corrected chi connectivity index (χ1v) is 12.1. The molecule has 1 heterocycles. The fourth-order valence-electron chi connectivity index (χ4n) is 3.93. The van der Waals surface area contributed by atoms with Crippen molar-refractivity contribution >= 4 is 15.9 Å². The quantitative estimate of drug-likeness (QED) is 0.602. The highest BCUT2D eigenvalue weighted by atomic mass is 32.2. The second-order valence-electron chi connectivity index (χ2n) is 7.82. The minimum atomic E-state index is -3.50. The standard InChI is InChI=1S/C25H27N3O3S/c29-24(26-25(21-10-4-1-5-11-21)22-12-6-2-7-13-22)20-27-16-18-28(19-17-27)32(30,31)23-14-8-3-9-15-23/h1-15,25H,16-20H2,(H,26,29). The fourth-order valence-corrected chi connectivity index (χ4v) is 5.37. The molecule has 166 valence electrons. The number of amides is 1. The van der Waals surface area contributed by atoms with Crippen molar-refractivity contribution in [2.75, 3.05) is 32.7 Å². The average molecular weight is 450 g/mol. The Balaban J connectivity index is 1.37. The molecule has 4 rings (SSSR count). The molecule has 0 aliphatic carbocycles. The van der Waals surface area contributed by atoms with E-state index < -0.39 is 10.0 Å². The molecule has 1 N–H and O–H groups in total.